The molecule has 0 bridgehead atoms. The SMILES string of the molecule is Cc1c(Br)c(C(=O)N[C@H](C)C(C)(C)C)nn1C. The maximum Gasteiger partial charge on any atom is 0.273 e. The zero-order valence-electron chi connectivity index (χ0n) is 11.3. The molecule has 1 atom stereocenters. The third-order valence-corrected chi connectivity index (χ3v) is 4.07. The standard InChI is InChI=1S/C12H20BrN3O/c1-7-9(13)10(15-16(7)6)11(17)14-8(2)12(3,4)5/h8H,1-6H3,(H,14,17)/t8-/m1/s1. The largest absolute Gasteiger partial charge is 0.348 e. The van der Waals surface area contributed by atoms with E-state index in [0.29, 0.717) is 5.69 Å². The molecule has 1 N–H and O–H groups in total. The molecule has 1 aromatic rings. The van der Waals surface area contributed by atoms with Crippen LogP contribution in [0.15, 0.2) is 4.47 Å². The van der Waals surface area contributed by atoms with E-state index in [4.69, 9.17) is 0 Å². The van der Waals surface area contributed by atoms with Gasteiger partial charge in [-0.1, -0.05) is 20.8 Å². The summed E-state index contributed by atoms with van der Waals surface area (Å²) in [5.74, 6) is -0.136. The summed E-state index contributed by atoms with van der Waals surface area (Å²) >= 11 is 3.40. The van der Waals surface area contributed by atoms with Crippen LogP contribution in [0.3, 0.4) is 0 Å². The molecule has 17 heavy (non-hydrogen) atoms. The third-order valence-electron chi connectivity index (χ3n) is 3.12. The van der Waals surface area contributed by atoms with Gasteiger partial charge in [-0.3, -0.25) is 9.48 Å². The van der Waals surface area contributed by atoms with Gasteiger partial charge < -0.3 is 5.32 Å². The van der Waals surface area contributed by atoms with Crippen LogP contribution in [0.1, 0.15) is 43.9 Å². The molecule has 0 aliphatic rings. The summed E-state index contributed by atoms with van der Waals surface area (Å²) in [4.78, 5) is 12.1. The second kappa shape index (κ2) is 4.80. The number of amides is 1. The van der Waals surface area contributed by atoms with Gasteiger partial charge >= 0.3 is 0 Å². The lowest BCUT2D eigenvalue weighted by atomic mass is 9.88. The minimum Gasteiger partial charge on any atom is -0.348 e. The normalized spacial score (nSPS) is 13.6. The molecule has 1 heterocycles. The molecule has 0 aromatic carbocycles. The van der Waals surface area contributed by atoms with Crippen molar-refractivity contribution in [2.75, 3.05) is 0 Å². The molecule has 1 aromatic heterocycles. The highest BCUT2D eigenvalue weighted by Crippen LogP contribution is 2.22. The zero-order chi connectivity index (χ0) is 13.4. The second-order valence-corrected chi connectivity index (χ2v) is 6.23. The number of rotatable bonds is 2. The number of aromatic nitrogens is 2. The highest BCUT2D eigenvalue weighted by molar-refractivity contribution is 9.10. The Morgan fingerprint density at radius 2 is 2.00 bits per heavy atom. The van der Waals surface area contributed by atoms with E-state index in [-0.39, 0.29) is 17.4 Å². The molecule has 0 radical (unpaired) electrons. The molecular formula is C12H20BrN3O. The molecular weight excluding hydrogens is 282 g/mol. The predicted octanol–water partition coefficient (Wildman–Crippen LogP) is 2.66. The lowest BCUT2D eigenvalue weighted by Crippen LogP contribution is -2.41. The van der Waals surface area contributed by atoms with Gasteiger partial charge in [-0.15, -0.1) is 0 Å². The van der Waals surface area contributed by atoms with Crippen molar-refractivity contribution in [1.82, 2.24) is 15.1 Å². The van der Waals surface area contributed by atoms with Crippen molar-refractivity contribution in [3.63, 3.8) is 0 Å². The molecule has 0 fully saturated rings. The molecule has 1 rings (SSSR count). The molecule has 0 spiro atoms. The van der Waals surface area contributed by atoms with E-state index in [1.54, 1.807) is 4.68 Å². The van der Waals surface area contributed by atoms with E-state index in [1.807, 2.05) is 20.9 Å². The summed E-state index contributed by atoms with van der Waals surface area (Å²) in [6.07, 6.45) is 0. The van der Waals surface area contributed by atoms with Crippen molar-refractivity contribution in [2.24, 2.45) is 12.5 Å². The molecule has 0 aliphatic heterocycles. The molecule has 0 saturated heterocycles. The Bertz CT molecular complexity index is 432. The van der Waals surface area contributed by atoms with E-state index >= 15 is 0 Å². The molecule has 96 valence electrons. The first-order valence-electron chi connectivity index (χ1n) is 5.64. The van der Waals surface area contributed by atoms with Gasteiger partial charge in [0.15, 0.2) is 5.69 Å². The van der Waals surface area contributed by atoms with Crippen molar-refractivity contribution in [1.29, 1.82) is 0 Å². The fourth-order valence-corrected chi connectivity index (χ4v) is 1.72. The van der Waals surface area contributed by atoms with Gasteiger partial charge in [-0.2, -0.15) is 5.10 Å². The monoisotopic (exact) mass is 301 g/mol. The van der Waals surface area contributed by atoms with Gasteiger partial charge in [0.05, 0.1) is 10.2 Å². The van der Waals surface area contributed by atoms with Gasteiger partial charge in [-0.05, 0) is 35.2 Å². The highest BCUT2D eigenvalue weighted by Gasteiger charge is 2.25. The predicted molar refractivity (Wildman–Crippen MR) is 72.0 cm³/mol. The van der Waals surface area contributed by atoms with Crippen molar-refractivity contribution >= 4 is 21.8 Å². The van der Waals surface area contributed by atoms with Crippen LogP contribution in [0, 0.1) is 12.3 Å². The number of nitrogens with one attached hydrogen (secondary N) is 1. The number of hydrogen-bond donors (Lipinski definition) is 1. The first kappa shape index (κ1) is 14.2. The lowest BCUT2D eigenvalue weighted by Gasteiger charge is -2.27. The summed E-state index contributed by atoms with van der Waals surface area (Å²) < 4.78 is 2.46. The van der Waals surface area contributed by atoms with Gasteiger partial charge in [-0.25, -0.2) is 0 Å². The van der Waals surface area contributed by atoms with Crippen molar-refractivity contribution in [3.8, 4) is 0 Å². The summed E-state index contributed by atoms with van der Waals surface area (Å²) in [5.41, 5.74) is 1.42. The quantitative estimate of drug-likeness (QED) is 0.913. The topological polar surface area (TPSA) is 46.9 Å². The average Bonchev–Trinajstić information content (AvgIpc) is 2.44. The van der Waals surface area contributed by atoms with Crippen molar-refractivity contribution < 1.29 is 4.79 Å². The zero-order valence-corrected chi connectivity index (χ0v) is 12.8. The van der Waals surface area contributed by atoms with Crippen LogP contribution in [-0.2, 0) is 7.05 Å². The van der Waals surface area contributed by atoms with Gasteiger partial charge in [0.1, 0.15) is 0 Å². The highest BCUT2D eigenvalue weighted by atomic mass is 79.9. The molecule has 0 saturated carbocycles. The molecule has 0 unspecified atom stereocenters. The number of hydrogen-bond acceptors (Lipinski definition) is 2. The van der Waals surface area contributed by atoms with E-state index in [9.17, 15) is 4.79 Å². The second-order valence-electron chi connectivity index (χ2n) is 5.43. The molecule has 1 amide bonds. The van der Waals surface area contributed by atoms with Crippen molar-refractivity contribution in [3.05, 3.63) is 15.9 Å². The Morgan fingerprint density at radius 1 is 1.47 bits per heavy atom. The Balaban J connectivity index is 2.88. The first-order valence-corrected chi connectivity index (χ1v) is 6.44. The Hall–Kier alpha value is -0.840. The van der Waals surface area contributed by atoms with Gasteiger partial charge in [0.25, 0.3) is 5.91 Å². The molecule has 5 heteroatoms. The minimum absolute atomic E-state index is 0.0337. The third kappa shape index (κ3) is 3.09. The number of aryl methyl sites for hydroxylation is 1. The molecule has 0 aliphatic carbocycles. The van der Waals surface area contributed by atoms with Crippen LogP contribution >= 0.6 is 15.9 Å². The summed E-state index contributed by atoms with van der Waals surface area (Å²) in [6.45, 7) is 10.2. The fraction of sp³-hybridized carbons (Fsp3) is 0.667. The first-order chi connectivity index (χ1) is 7.64. The Kier molecular flexibility index (Phi) is 4.02. The maximum absolute atomic E-state index is 12.1. The van der Waals surface area contributed by atoms with Crippen molar-refractivity contribution in [2.45, 2.75) is 40.7 Å². The van der Waals surface area contributed by atoms with E-state index < -0.39 is 0 Å². The van der Waals surface area contributed by atoms with Crippen LogP contribution in [-0.4, -0.2) is 21.7 Å². The fourth-order valence-electron chi connectivity index (χ4n) is 1.21. The summed E-state index contributed by atoms with van der Waals surface area (Å²) in [7, 11) is 1.82. The number of nitrogens with zero attached hydrogens (tertiary/aromatic N) is 2. The van der Waals surface area contributed by atoms with Crippen LogP contribution in [0.2, 0.25) is 0 Å². The number of carbonyl (C=O) groups excluding carboxylic acids is 1. The van der Waals surface area contributed by atoms with E-state index in [1.165, 1.54) is 0 Å². The van der Waals surface area contributed by atoms with E-state index in [2.05, 4.69) is 47.1 Å². The van der Waals surface area contributed by atoms with E-state index in [0.717, 1.165) is 10.2 Å². The summed E-state index contributed by atoms with van der Waals surface area (Å²) in [6, 6.07) is 0.0872. The average molecular weight is 302 g/mol. The maximum atomic E-state index is 12.1. The molecule has 4 nitrogen and oxygen atoms in total. The smallest absolute Gasteiger partial charge is 0.273 e. The van der Waals surface area contributed by atoms with Crippen LogP contribution < -0.4 is 5.32 Å². The van der Waals surface area contributed by atoms with Crippen LogP contribution in [0.25, 0.3) is 0 Å². The minimum atomic E-state index is -0.136. The van der Waals surface area contributed by atoms with Gasteiger partial charge in [0.2, 0.25) is 0 Å². The number of carbonyl (C=O) groups is 1. The summed E-state index contributed by atoms with van der Waals surface area (Å²) in [5, 5.41) is 7.18. The van der Waals surface area contributed by atoms with Crippen LogP contribution in [0.4, 0.5) is 0 Å². The van der Waals surface area contributed by atoms with Gasteiger partial charge in [0, 0.05) is 13.1 Å². The Morgan fingerprint density at radius 3 is 2.35 bits per heavy atom. The Labute approximate surface area is 111 Å². The number of halogens is 1. The lowest BCUT2D eigenvalue weighted by molar-refractivity contribution is 0.0903. The van der Waals surface area contributed by atoms with Crippen LogP contribution in [0.5, 0.6) is 0 Å².